The molecule has 13 heavy (non-hydrogen) atoms. The highest BCUT2D eigenvalue weighted by molar-refractivity contribution is 5.85. The summed E-state index contributed by atoms with van der Waals surface area (Å²) in [7, 11) is 0. The summed E-state index contributed by atoms with van der Waals surface area (Å²) >= 11 is 0. The van der Waals surface area contributed by atoms with E-state index >= 15 is 0 Å². The minimum atomic E-state index is -3.96. The predicted molar refractivity (Wildman–Crippen MR) is 40.7 cm³/mol. The topological polar surface area (TPSA) is 23.5 Å². The van der Waals surface area contributed by atoms with Crippen molar-refractivity contribution in [1.29, 1.82) is 0 Å². The number of likely N-dealkylation sites (tertiary alicyclic amines) is 1. The molecule has 0 amide bonds. The predicted octanol–water partition coefficient (Wildman–Crippen LogP) is 0.987. The van der Waals surface area contributed by atoms with Crippen LogP contribution in [0.1, 0.15) is 0 Å². The molecule has 80 valence electrons. The van der Waals surface area contributed by atoms with Crippen LogP contribution in [-0.4, -0.2) is 48.1 Å². The van der Waals surface area contributed by atoms with E-state index in [0.717, 1.165) is 4.90 Å². The average Bonchev–Trinajstić information content (AvgIpc) is 2.02. The van der Waals surface area contributed by atoms with Gasteiger partial charge in [0.2, 0.25) is 0 Å². The number of hydrogen-bond acceptors (Lipinski definition) is 2. The lowest BCUT2D eigenvalue weighted by molar-refractivity contribution is -0.172. The maximum atomic E-state index is 12.4. The SMILES string of the molecule is Cl.OCCN1CC(F)(F)C(F)(F)C1. The second-order valence-corrected chi connectivity index (χ2v) is 2.84. The molecule has 0 aromatic carbocycles. The van der Waals surface area contributed by atoms with Crippen LogP contribution >= 0.6 is 12.4 Å². The molecule has 0 bridgehead atoms. The molecular formula is C6H10ClF4NO. The second-order valence-electron chi connectivity index (χ2n) is 2.84. The van der Waals surface area contributed by atoms with E-state index in [9.17, 15) is 17.6 Å². The zero-order valence-electron chi connectivity index (χ0n) is 6.64. The van der Waals surface area contributed by atoms with Crippen LogP contribution in [0, 0.1) is 0 Å². The molecule has 0 unspecified atom stereocenters. The number of aliphatic hydroxyl groups excluding tert-OH is 1. The molecule has 0 atom stereocenters. The van der Waals surface area contributed by atoms with Crippen LogP contribution in [0.2, 0.25) is 0 Å². The van der Waals surface area contributed by atoms with Crippen molar-refractivity contribution in [3.8, 4) is 0 Å². The molecule has 0 saturated carbocycles. The van der Waals surface area contributed by atoms with Gasteiger partial charge in [-0.2, -0.15) is 17.6 Å². The van der Waals surface area contributed by atoms with E-state index in [0.29, 0.717) is 0 Å². The summed E-state index contributed by atoms with van der Waals surface area (Å²) in [4.78, 5) is 0.847. The summed E-state index contributed by atoms with van der Waals surface area (Å²) in [5.41, 5.74) is 0. The van der Waals surface area contributed by atoms with Crippen LogP contribution in [-0.2, 0) is 0 Å². The van der Waals surface area contributed by atoms with Gasteiger partial charge in [0.25, 0.3) is 0 Å². The van der Waals surface area contributed by atoms with Crippen molar-refractivity contribution >= 4 is 12.4 Å². The van der Waals surface area contributed by atoms with Gasteiger partial charge in [-0.15, -0.1) is 12.4 Å². The smallest absolute Gasteiger partial charge is 0.323 e. The quantitative estimate of drug-likeness (QED) is 0.706. The fourth-order valence-corrected chi connectivity index (χ4v) is 1.15. The van der Waals surface area contributed by atoms with Gasteiger partial charge in [0, 0.05) is 6.54 Å². The minimum absolute atomic E-state index is 0. The number of rotatable bonds is 2. The number of hydrogen-bond donors (Lipinski definition) is 1. The van der Waals surface area contributed by atoms with Crippen molar-refractivity contribution in [2.45, 2.75) is 11.8 Å². The van der Waals surface area contributed by atoms with E-state index in [2.05, 4.69) is 0 Å². The molecule has 1 aliphatic heterocycles. The lowest BCUT2D eigenvalue weighted by Gasteiger charge is -2.15. The standard InChI is InChI=1S/C6H9F4NO.ClH/c7-5(8)3-11(1-2-12)4-6(5,9)10;/h12H,1-4H2;1H. The van der Waals surface area contributed by atoms with Crippen molar-refractivity contribution in [2.75, 3.05) is 26.2 Å². The van der Waals surface area contributed by atoms with Crippen molar-refractivity contribution < 1.29 is 22.7 Å². The maximum Gasteiger partial charge on any atom is 0.323 e. The molecule has 1 N–H and O–H groups in total. The summed E-state index contributed by atoms with van der Waals surface area (Å²) in [5, 5.41) is 8.34. The Morgan fingerprint density at radius 1 is 1.08 bits per heavy atom. The third-order valence-corrected chi connectivity index (χ3v) is 1.80. The van der Waals surface area contributed by atoms with E-state index in [4.69, 9.17) is 5.11 Å². The Labute approximate surface area is 78.9 Å². The molecule has 1 fully saturated rings. The molecule has 1 aliphatic rings. The van der Waals surface area contributed by atoms with Gasteiger partial charge in [0.05, 0.1) is 19.7 Å². The summed E-state index contributed by atoms with van der Waals surface area (Å²) in [6.07, 6.45) is 0. The Kier molecular flexibility index (Phi) is 3.96. The third-order valence-electron chi connectivity index (χ3n) is 1.80. The molecule has 0 radical (unpaired) electrons. The van der Waals surface area contributed by atoms with Gasteiger partial charge in [0.15, 0.2) is 0 Å². The summed E-state index contributed by atoms with van der Waals surface area (Å²) < 4.78 is 49.7. The fraction of sp³-hybridized carbons (Fsp3) is 1.00. The number of nitrogens with zero attached hydrogens (tertiary/aromatic N) is 1. The first-order valence-electron chi connectivity index (χ1n) is 3.48. The summed E-state index contributed by atoms with van der Waals surface area (Å²) in [5.74, 6) is -7.91. The zero-order valence-corrected chi connectivity index (χ0v) is 7.46. The zero-order chi connectivity index (χ0) is 9.41. The molecule has 7 heteroatoms. The van der Waals surface area contributed by atoms with Gasteiger partial charge in [-0.25, -0.2) is 0 Å². The van der Waals surface area contributed by atoms with Crippen molar-refractivity contribution in [3.05, 3.63) is 0 Å². The normalized spacial score (nSPS) is 25.6. The minimum Gasteiger partial charge on any atom is -0.395 e. The highest BCUT2D eigenvalue weighted by Gasteiger charge is 2.62. The van der Waals surface area contributed by atoms with E-state index in [1.807, 2.05) is 0 Å². The Balaban J connectivity index is 0.00000144. The van der Waals surface area contributed by atoms with Crippen molar-refractivity contribution in [2.24, 2.45) is 0 Å². The summed E-state index contributed by atoms with van der Waals surface area (Å²) in [6, 6.07) is 0. The van der Waals surface area contributed by atoms with Gasteiger partial charge in [0.1, 0.15) is 0 Å². The van der Waals surface area contributed by atoms with E-state index < -0.39 is 24.9 Å². The molecule has 1 rings (SSSR count). The number of aliphatic hydroxyl groups is 1. The highest BCUT2D eigenvalue weighted by atomic mass is 35.5. The summed E-state index contributed by atoms with van der Waals surface area (Å²) in [6.45, 7) is -2.46. The van der Waals surface area contributed by atoms with Crippen LogP contribution in [0.25, 0.3) is 0 Å². The van der Waals surface area contributed by atoms with Gasteiger partial charge in [-0.05, 0) is 0 Å². The number of halogens is 5. The first-order valence-corrected chi connectivity index (χ1v) is 3.48. The van der Waals surface area contributed by atoms with E-state index in [1.54, 1.807) is 0 Å². The van der Waals surface area contributed by atoms with Gasteiger partial charge >= 0.3 is 11.8 Å². The van der Waals surface area contributed by atoms with Crippen LogP contribution < -0.4 is 0 Å². The third kappa shape index (κ3) is 2.45. The lowest BCUT2D eigenvalue weighted by Crippen LogP contribution is -2.38. The van der Waals surface area contributed by atoms with Crippen LogP contribution in [0.15, 0.2) is 0 Å². The number of alkyl halides is 4. The fourth-order valence-electron chi connectivity index (χ4n) is 1.15. The Morgan fingerprint density at radius 2 is 1.46 bits per heavy atom. The van der Waals surface area contributed by atoms with Crippen LogP contribution in [0.4, 0.5) is 17.6 Å². The van der Waals surface area contributed by atoms with Gasteiger partial charge in [-0.3, -0.25) is 4.90 Å². The van der Waals surface area contributed by atoms with Crippen LogP contribution in [0.5, 0.6) is 0 Å². The van der Waals surface area contributed by atoms with Crippen LogP contribution in [0.3, 0.4) is 0 Å². The number of β-amino-alcohol motifs (C(OH)–C–C–N with tert-alkyl or cyclic N) is 1. The monoisotopic (exact) mass is 223 g/mol. The maximum absolute atomic E-state index is 12.4. The molecule has 0 aromatic heterocycles. The average molecular weight is 224 g/mol. The van der Waals surface area contributed by atoms with E-state index in [1.165, 1.54) is 0 Å². The molecule has 0 spiro atoms. The molecule has 0 aliphatic carbocycles. The van der Waals surface area contributed by atoms with Crippen molar-refractivity contribution in [3.63, 3.8) is 0 Å². The molecule has 1 heterocycles. The Morgan fingerprint density at radius 3 is 1.77 bits per heavy atom. The molecular weight excluding hydrogens is 214 g/mol. The van der Waals surface area contributed by atoms with Gasteiger partial charge in [-0.1, -0.05) is 0 Å². The van der Waals surface area contributed by atoms with E-state index in [-0.39, 0.29) is 25.6 Å². The highest BCUT2D eigenvalue weighted by Crippen LogP contribution is 2.40. The Bertz CT molecular complexity index is 162. The first kappa shape index (κ1) is 12.9. The van der Waals surface area contributed by atoms with Crippen molar-refractivity contribution in [1.82, 2.24) is 4.90 Å². The van der Waals surface area contributed by atoms with Gasteiger partial charge < -0.3 is 5.11 Å². The molecule has 1 saturated heterocycles. The molecule has 2 nitrogen and oxygen atoms in total. The first-order chi connectivity index (χ1) is 5.39. The molecule has 0 aromatic rings. The largest absolute Gasteiger partial charge is 0.395 e. The Hall–Kier alpha value is -0.0700. The second kappa shape index (κ2) is 3.98. The lowest BCUT2D eigenvalue weighted by atomic mass is 10.2.